The molecule has 0 heterocycles. The van der Waals surface area contributed by atoms with E-state index in [1.54, 1.807) is 0 Å². The molecule has 0 spiro atoms. The number of hydrogen-bond acceptors (Lipinski definition) is 3. The van der Waals surface area contributed by atoms with Crippen LogP contribution in [0, 0.1) is 0 Å². The van der Waals surface area contributed by atoms with Crippen LogP contribution in [0.25, 0.3) is 0 Å². The fourth-order valence-electron chi connectivity index (χ4n) is 1.86. The highest BCUT2D eigenvalue weighted by Gasteiger charge is 2.14. The fourth-order valence-corrected chi connectivity index (χ4v) is 2.85. The molecule has 1 amide bonds. The molecular formula is C17H19ClN2OS. The first-order valence-electron chi connectivity index (χ1n) is 6.96. The molecule has 1 atom stereocenters. The number of hydrogen-bond donors (Lipinski definition) is 1. The van der Waals surface area contributed by atoms with Gasteiger partial charge < -0.3 is 10.2 Å². The average molecular weight is 335 g/mol. The molecule has 0 fully saturated rings. The molecule has 0 aliphatic heterocycles. The molecule has 0 aliphatic carbocycles. The van der Waals surface area contributed by atoms with Gasteiger partial charge in [-0.15, -0.1) is 11.8 Å². The zero-order chi connectivity index (χ0) is 16.1. The first-order valence-corrected chi connectivity index (χ1v) is 8.22. The van der Waals surface area contributed by atoms with Gasteiger partial charge in [0, 0.05) is 35.4 Å². The van der Waals surface area contributed by atoms with E-state index in [1.807, 2.05) is 74.4 Å². The molecule has 22 heavy (non-hydrogen) atoms. The van der Waals surface area contributed by atoms with E-state index in [1.165, 1.54) is 11.8 Å². The first-order chi connectivity index (χ1) is 10.5. The number of benzene rings is 2. The minimum absolute atomic E-state index is 0.0162. The zero-order valence-electron chi connectivity index (χ0n) is 12.8. The Morgan fingerprint density at radius 3 is 2.23 bits per heavy atom. The van der Waals surface area contributed by atoms with E-state index in [0.717, 1.165) is 16.3 Å². The normalized spacial score (nSPS) is 11.8. The van der Waals surface area contributed by atoms with Gasteiger partial charge in [-0.1, -0.05) is 11.6 Å². The SMILES string of the molecule is CC(Sc1ccc(Cl)cc1)C(=O)Nc1ccc(N(C)C)cc1. The highest BCUT2D eigenvalue weighted by atomic mass is 35.5. The van der Waals surface area contributed by atoms with Gasteiger partial charge in [0.2, 0.25) is 5.91 Å². The van der Waals surface area contributed by atoms with Gasteiger partial charge >= 0.3 is 0 Å². The Balaban J connectivity index is 1.94. The second-order valence-corrected chi connectivity index (χ2v) is 7.00. The van der Waals surface area contributed by atoms with Crippen LogP contribution in [0.3, 0.4) is 0 Å². The summed E-state index contributed by atoms with van der Waals surface area (Å²) in [6.07, 6.45) is 0. The Morgan fingerprint density at radius 1 is 1.09 bits per heavy atom. The highest BCUT2D eigenvalue weighted by molar-refractivity contribution is 8.00. The summed E-state index contributed by atoms with van der Waals surface area (Å²) in [5.41, 5.74) is 1.90. The molecule has 0 aliphatic rings. The quantitative estimate of drug-likeness (QED) is 0.816. The number of nitrogens with one attached hydrogen (secondary N) is 1. The second-order valence-electron chi connectivity index (χ2n) is 5.14. The third kappa shape index (κ3) is 4.68. The predicted octanol–water partition coefficient (Wildman–Crippen LogP) is 4.53. The highest BCUT2D eigenvalue weighted by Crippen LogP contribution is 2.25. The van der Waals surface area contributed by atoms with Crippen LogP contribution in [0.4, 0.5) is 11.4 Å². The summed E-state index contributed by atoms with van der Waals surface area (Å²) in [5, 5.41) is 3.45. The van der Waals surface area contributed by atoms with Gasteiger partial charge in [-0.25, -0.2) is 0 Å². The minimum Gasteiger partial charge on any atom is -0.378 e. The Bertz CT molecular complexity index is 626. The lowest BCUT2D eigenvalue weighted by Gasteiger charge is -2.14. The van der Waals surface area contributed by atoms with Crippen LogP contribution in [0.1, 0.15) is 6.92 Å². The summed E-state index contributed by atoms with van der Waals surface area (Å²) in [4.78, 5) is 15.3. The standard InChI is InChI=1S/C17H19ClN2OS/c1-12(22-16-10-4-13(18)5-11-16)17(21)19-14-6-8-15(9-7-14)20(2)3/h4-12H,1-3H3,(H,19,21). The van der Waals surface area contributed by atoms with Gasteiger partial charge in [0.15, 0.2) is 0 Å². The van der Waals surface area contributed by atoms with E-state index in [9.17, 15) is 4.79 Å². The van der Waals surface area contributed by atoms with Crippen molar-refractivity contribution in [3.63, 3.8) is 0 Å². The van der Waals surface area contributed by atoms with Crippen LogP contribution in [0.2, 0.25) is 5.02 Å². The molecule has 0 saturated heterocycles. The lowest BCUT2D eigenvalue weighted by Crippen LogP contribution is -2.22. The molecular weight excluding hydrogens is 316 g/mol. The van der Waals surface area contributed by atoms with Crippen molar-refractivity contribution in [3.05, 3.63) is 53.6 Å². The molecule has 0 saturated carbocycles. The molecule has 0 aromatic heterocycles. The summed E-state index contributed by atoms with van der Waals surface area (Å²) in [6, 6.07) is 15.3. The predicted molar refractivity (Wildman–Crippen MR) is 96.2 cm³/mol. The number of anilines is 2. The number of halogens is 1. The van der Waals surface area contributed by atoms with E-state index in [0.29, 0.717) is 5.02 Å². The third-order valence-electron chi connectivity index (χ3n) is 3.15. The van der Waals surface area contributed by atoms with Crippen molar-refractivity contribution in [2.75, 3.05) is 24.3 Å². The number of carbonyl (C=O) groups excluding carboxylic acids is 1. The largest absolute Gasteiger partial charge is 0.378 e. The number of thioether (sulfide) groups is 1. The van der Waals surface area contributed by atoms with E-state index in [4.69, 9.17) is 11.6 Å². The molecule has 1 N–H and O–H groups in total. The van der Waals surface area contributed by atoms with Gasteiger partial charge in [-0.3, -0.25) is 4.79 Å². The summed E-state index contributed by atoms with van der Waals surface area (Å²) in [6.45, 7) is 1.89. The summed E-state index contributed by atoms with van der Waals surface area (Å²) < 4.78 is 0. The molecule has 2 rings (SSSR count). The van der Waals surface area contributed by atoms with E-state index in [2.05, 4.69) is 5.32 Å². The van der Waals surface area contributed by atoms with Crippen molar-refractivity contribution in [3.8, 4) is 0 Å². The molecule has 0 bridgehead atoms. The summed E-state index contributed by atoms with van der Waals surface area (Å²) >= 11 is 7.37. The Hall–Kier alpha value is -1.65. The maximum atomic E-state index is 12.2. The molecule has 3 nitrogen and oxygen atoms in total. The van der Waals surface area contributed by atoms with Gasteiger partial charge in [0.25, 0.3) is 0 Å². The lowest BCUT2D eigenvalue weighted by atomic mass is 10.2. The average Bonchev–Trinajstić information content (AvgIpc) is 2.50. The third-order valence-corrected chi connectivity index (χ3v) is 4.51. The molecule has 1 unspecified atom stereocenters. The lowest BCUT2D eigenvalue weighted by molar-refractivity contribution is -0.115. The van der Waals surface area contributed by atoms with Crippen LogP contribution in [-0.4, -0.2) is 25.3 Å². The summed E-state index contributed by atoms with van der Waals surface area (Å²) in [7, 11) is 3.97. The van der Waals surface area contributed by atoms with E-state index < -0.39 is 0 Å². The molecule has 5 heteroatoms. The smallest absolute Gasteiger partial charge is 0.237 e. The van der Waals surface area contributed by atoms with Crippen LogP contribution in [0.5, 0.6) is 0 Å². The van der Waals surface area contributed by atoms with Crippen LogP contribution in [-0.2, 0) is 4.79 Å². The van der Waals surface area contributed by atoms with E-state index in [-0.39, 0.29) is 11.2 Å². The molecule has 2 aromatic carbocycles. The molecule has 0 radical (unpaired) electrons. The zero-order valence-corrected chi connectivity index (χ0v) is 14.4. The van der Waals surface area contributed by atoms with Crippen molar-refractivity contribution in [1.82, 2.24) is 0 Å². The number of carbonyl (C=O) groups is 1. The van der Waals surface area contributed by atoms with Gasteiger partial charge in [0.1, 0.15) is 0 Å². The van der Waals surface area contributed by atoms with Crippen LogP contribution in [0.15, 0.2) is 53.4 Å². The second kappa shape index (κ2) is 7.56. The molecule has 116 valence electrons. The van der Waals surface area contributed by atoms with Crippen molar-refractivity contribution in [2.24, 2.45) is 0 Å². The summed E-state index contributed by atoms with van der Waals surface area (Å²) in [5.74, 6) is -0.0162. The topological polar surface area (TPSA) is 32.3 Å². The van der Waals surface area contributed by atoms with Crippen molar-refractivity contribution >= 4 is 40.6 Å². The van der Waals surface area contributed by atoms with Crippen molar-refractivity contribution < 1.29 is 4.79 Å². The molecule has 2 aromatic rings. The van der Waals surface area contributed by atoms with Crippen LogP contribution >= 0.6 is 23.4 Å². The maximum Gasteiger partial charge on any atom is 0.237 e. The van der Waals surface area contributed by atoms with Gasteiger partial charge in [-0.05, 0) is 55.5 Å². The van der Waals surface area contributed by atoms with Crippen molar-refractivity contribution in [1.29, 1.82) is 0 Å². The Morgan fingerprint density at radius 2 is 1.68 bits per heavy atom. The van der Waals surface area contributed by atoms with Gasteiger partial charge in [-0.2, -0.15) is 0 Å². The first kappa shape index (κ1) is 16.7. The fraction of sp³-hybridized carbons (Fsp3) is 0.235. The number of nitrogens with zero attached hydrogens (tertiary/aromatic N) is 1. The van der Waals surface area contributed by atoms with Crippen molar-refractivity contribution in [2.45, 2.75) is 17.1 Å². The Labute approximate surface area is 140 Å². The number of amides is 1. The van der Waals surface area contributed by atoms with Gasteiger partial charge in [0.05, 0.1) is 5.25 Å². The number of rotatable bonds is 5. The van der Waals surface area contributed by atoms with Crippen LogP contribution < -0.4 is 10.2 Å². The van der Waals surface area contributed by atoms with E-state index >= 15 is 0 Å². The maximum absolute atomic E-state index is 12.2. The Kier molecular flexibility index (Phi) is 5.75. The monoisotopic (exact) mass is 334 g/mol. The minimum atomic E-state index is -0.185.